The Kier molecular flexibility index (Phi) is 4.16. The number of hydrogen-bond donors (Lipinski definition) is 2. The van der Waals surface area contributed by atoms with E-state index in [1.807, 2.05) is 31.2 Å². The van der Waals surface area contributed by atoms with E-state index in [9.17, 15) is 5.11 Å². The van der Waals surface area contributed by atoms with Gasteiger partial charge in [-0.1, -0.05) is 0 Å². The molecule has 2 aliphatic rings. The minimum Gasteiger partial charge on any atom is -0.507 e. The minimum atomic E-state index is 0.203. The SMILES string of the molecule is Cc1nccc2cc(-c3ccc(N(C)C4C[C@H]5CC[C@@H](C4)N5)nn3)c(O)cc12. The van der Waals surface area contributed by atoms with Gasteiger partial charge in [-0.2, -0.15) is 0 Å². The second kappa shape index (κ2) is 6.71. The maximum atomic E-state index is 10.5. The van der Waals surface area contributed by atoms with Crippen LogP contribution in [0.3, 0.4) is 0 Å². The fourth-order valence-corrected chi connectivity index (χ4v) is 4.75. The van der Waals surface area contributed by atoms with Crippen LogP contribution in [0.2, 0.25) is 0 Å². The Labute approximate surface area is 164 Å². The maximum Gasteiger partial charge on any atom is 0.151 e. The summed E-state index contributed by atoms with van der Waals surface area (Å²) in [4.78, 5) is 6.55. The summed E-state index contributed by atoms with van der Waals surface area (Å²) >= 11 is 0. The summed E-state index contributed by atoms with van der Waals surface area (Å²) in [6.07, 6.45) is 6.69. The number of rotatable bonds is 3. The highest BCUT2D eigenvalue weighted by atomic mass is 16.3. The summed E-state index contributed by atoms with van der Waals surface area (Å²) in [5.41, 5.74) is 2.27. The number of anilines is 1. The molecule has 0 amide bonds. The zero-order chi connectivity index (χ0) is 19.3. The van der Waals surface area contributed by atoms with Gasteiger partial charge < -0.3 is 15.3 Å². The number of benzene rings is 1. The molecule has 28 heavy (non-hydrogen) atoms. The summed E-state index contributed by atoms with van der Waals surface area (Å²) in [6, 6.07) is 11.4. The number of aromatic hydroxyl groups is 1. The van der Waals surface area contributed by atoms with Crippen LogP contribution in [0.15, 0.2) is 36.5 Å². The summed E-state index contributed by atoms with van der Waals surface area (Å²) in [6.45, 7) is 1.94. The molecule has 0 spiro atoms. The van der Waals surface area contributed by atoms with Crippen molar-refractivity contribution >= 4 is 16.6 Å². The standard InChI is InChI=1S/C22H25N5O/c1-13-18-12-21(28)19(9-14(18)7-8-23-13)20-5-6-22(26-25-20)27(2)17-10-15-3-4-16(11-17)24-15/h5-9,12,15-17,24,28H,3-4,10-11H2,1-2H3/t15-,16+,17?. The van der Waals surface area contributed by atoms with Crippen molar-refractivity contribution in [2.24, 2.45) is 0 Å². The first kappa shape index (κ1) is 17.4. The molecule has 0 aliphatic carbocycles. The highest BCUT2D eigenvalue weighted by molar-refractivity contribution is 5.91. The molecule has 6 heteroatoms. The van der Waals surface area contributed by atoms with Gasteiger partial charge >= 0.3 is 0 Å². The third-order valence-electron chi connectivity index (χ3n) is 6.36. The number of phenols is 1. The Morgan fingerprint density at radius 3 is 2.57 bits per heavy atom. The van der Waals surface area contributed by atoms with Crippen LogP contribution in [0.1, 0.15) is 31.4 Å². The van der Waals surface area contributed by atoms with Gasteiger partial charge in [0.25, 0.3) is 0 Å². The highest BCUT2D eigenvalue weighted by Gasteiger charge is 2.35. The number of nitrogens with one attached hydrogen (secondary N) is 1. The van der Waals surface area contributed by atoms with Crippen LogP contribution in [0.5, 0.6) is 5.75 Å². The normalized spacial score (nSPS) is 23.9. The molecule has 1 aromatic carbocycles. The lowest BCUT2D eigenvalue weighted by atomic mass is 9.98. The molecule has 5 rings (SSSR count). The molecule has 2 aliphatic heterocycles. The average Bonchev–Trinajstić information content (AvgIpc) is 3.05. The van der Waals surface area contributed by atoms with Crippen LogP contribution in [0.4, 0.5) is 5.82 Å². The molecule has 144 valence electrons. The summed E-state index contributed by atoms with van der Waals surface area (Å²) < 4.78 is 0. The number of aryl methyl sites for hydroxylation is 1. The van der Waals surface area contributed by atoms with E-state index in [4.69, 9.17) is 0 Å². The zero-order valence-corrected chi connectivity index (χ0v) is 16.3. The Bertz CT molecular complexity index is 1010. The smallest absolute Gasteiger partial charge is 0.151 e. The van der Waals surface area contributed by atoms with Crippen molar-refractivity contribution in [1.29, 1.82) is 0 Å². The minimum absolute atomic E-state index is 0.203. The lowest BCUT2D eigenvalue weighted by molar-refractivity contribution is 0.353. The number of piperidine rings is 1. The number of hydrogen-bond acceptors (Lipinski definition) is 6. The van der Waals surface area contributed by atoms with E-state index in [0.29, 0.717) is 29.4 Å². The molecule has 6 nitrogen and oxygen atoms in total. The van der Waals surface area contributed by atoms with E-state index in [1.54, 1.807) is 12.3 Å². The first-order valence-corrected chi connectivity index (χ1v) is 10.00. The molecular weight excluding hydrogens is 350 g/mol. The predicted octanol–water partition coefficient (Wildman–Crippen LogP) is 3.43. The van der Waals surface area contributed by atoms with Crippen molar-refractivity contribution in [3.63, 3.8) is 0 Å². The molecule has 2 saturated heterocycles. The van der Waals surface area contributed by atoms with Gasteiger partial charge in [0.15, 0.2) is 5.82 Å². The summed E-state index contributed by atoms with van der Waals surface area (Å²) in [5.74, 6) is 1.09. The Balaban J connectivity index is 1.42. The summed E-state index contributed by atoms with van der Waals surface area (Å²) in [5, 5.41) is 25.1. The van der Waals surface area contributed by atoms with E-state index in [0.717, 1.165) is 35.1 Å². The monoisotopic (exact) mass is 375 g/mol. The summed E-state index contributed by atoms with van der Waals surface area (Å²) in [7, 11) is 2.11. The number of nitrogens with zero attached hydrogens (tertiary/aromatic N) is 4. The number of pyridine rings is 1. The zero-order valence-electron chi connectivity index (χ0n) is 16.3. The largest absolute Gasteiger partial charge is 0.507 e. The van der Waals surface area contributed by atoms with Crippen LogP contribution in [-0.2, 0) is 0 Å². The lowest BCUT2D eigenvalue weighted by Crippen LogP contribution is -2.47. The number of fused-ring (bicyclic) bond motifs is 3. The molecule has 2 bridgehead atoms. The van der Waals surface area contributed by atoms with Gasteiger partial charge in [-0.3, -0.25) is 4.98 Å². The van der Waals surface area contributed by atoms with E-state index < -0.39 is 0 Å². The molecule has 0 radical (unpaired) electrons. The Morgan fingerprint density at radius 1 is 1.07 bits per heavy atom. The van der Waals surface area contributed by atoms with Gasteiger partial charge in [0.2, 0.25) is 0 Å². The van der Waals surface area contributed by atoms with E-state index >= 15 is 0 Å². The van der Waals surface area contributed by atoms with Crippen LogP contribution in [0, 0.1) is 6.92 Å². The molecule has 3 atom stereocenters. The van der Waals surface area contributed by atoms with Crippen molar-refractivity contribution in [3.05, 3.63) is 42.2 Å². The second-order valence-corrected chi connectivity index (χ2v) is 8.14. The van der Waals surface area contributed by atoms with Gasteiger partial charge in [0.1, 0.15) is 5.75 Å². The van der Waals surface area contributed by atoms with Gasteiger partial charge in [-0.15, -0.1) is 10.2 Å². The van der Waals surface area contributed by atoms with E-state index in [2.05, 4.69) is 32.4 Å². The molecule has 1 unspecified atom stereocenters. The fourth-order valence-electron chi connectivity index (χ4n) is 4.75. The third-order valence-corrected chi connectivity index (χ3v) is 6.36. The van der Waals surface area contributed by atoms with Crippen LogP contribution in [-0.4, -0.2) is 45.5 Å². The fraction of sp³-hybridized carbons (Fsp3) is 0.409. The van der Waals surface area contributed by atoms with Crippen molar-refractivity contribution in [3.8, 4) is 17.0 Å². The predicted molar refractivity (Wildman–Crippen MR) is 111 cm³/mol. The molecule has 3 aromatic rings. The van der Waals surface area contributed by atoms with Crippen LogP contribution < -0.4 is 10.2 Å². The van der Waals surface area contributed by atoms with Crippen molar-refractivity contribution in [2.45, 2.75) is 50.7 Å². The first-order valence-electron chi connectivity index (χ1n) is 10.00. The number of phenolic OH excluding ortho intramolecular Hbond substituents is 1. The molecule has 4 heterocycles. The highest BCUT2D eigenvalue weighted by Crippen LogP contribution is 2.34. The quantitative estimate of drug-likeness (QED) is 0.731. The van der Waals surface area contributed by atoms with E-state index in [-0.39, 0.29) is 5.75 Å². The van der Waals surface area contributed by atoms with Crippen molar-refractivity contribution in [1.82, 2.24) is 20.5 Å². The Morgan fingerprint density at radius 2 is 1.86 bits per heavy atom. The van der Waals surface area contributed by atoms with Gasteiger partial charge in [-0.05, 0) is 68.3 Å². The van der Waals surface area contributed by atoms with Gasteiger partial charge in [0.05, 0.1) is 5.69 Å². The second-order valence-electron chi connectivity index (χ2n) is 8.14. The molecule has 2 N–H and O–H groups in total. The average molecular weight is 375 g/mol. The first-order chi connectivity index (χ1) is 13.6. The van der Waals surface area contributed by atoms with Crippen LogP contribution >= 0.6 is 0 Å². The van der Waals surface area contributed by atoms with Crippen molar-refractivity contribution < 1.29 is 5.11 Å². The van der Waals surface area contributed by atoms with Crippen molar-refractivity contribution in [2.75, 3.05) is 11.9 Å². The lowest BCUT2D eigenvalue weighted by Gasteiger charge is -2.36. The molecular formula is C22H25N5O. The maximum absolute atomic E-state index is 10.5. The van der Waals surface area contributed by atoms with Gasteiger partial charge in [0, 0.05) is 48.0 Å². The molecule has 0 saturated carbocycles. The molecule has 2 fully saturated rings. The van der Waals surface area contributed by atoms with E-state index in [1.165, 1.54) is 12.8 Å². The van der Waals surface area contributed by atoms with Crippen LogP contribution in [0.25, 0.3) is 22.0 Å². The molecule has 2 aromatic heterocycles. The topological polar surface area (TPSA) is 74.2 Å². The van der Waals surface area contributed by atoms with Gasteiger partial charge in [-0.25, -0.2) is 0 Å². The Hall–Kier alpha value is -2.73. The number of aromatic nitrogens is 3. The third kappa shape index (κ3) is 2.98.